The number of hydrogen-bond acceptors (Lipinski definition) is 4. The van der Waals surface area contributed by atoms with Crippen molar-refractivity contribution in [1.29, 1.82) is 0 Å². The number of carbonyl (C=O) groups excluding carboxylic acids is 1. The molecular formula is C21H28N4O3. The van der Waals surface area contributed by atoms with Crippen LogP contribution in [0.3, 0.4) is 0 Å². The third kappa shape index (κ3) is 4.30. The molecule has 150 valence electrons. The summed E-state index contributed by atoms with van der Waals surface area (Å²) in [5.74, 6) is 0.862. The second-order valence-corrected chi connectivity index (χ2v) is 7.30. The summed E-state index contributed by atoms with van der Waals surface area (Å²) >= 11 is 0. The number of rotatable bonds is 5. The summed E-state index contributed by atoms with van der Waals surface area (Å²) in [6, 6.07) is 10.1. The molecule has 0 radical (unpaired) electrons. The van der Waals surface area contributed by atoms with E-state index in [1.54, 1.807) is 0 Å². The minimum atomic E-state index is -0.0206. The van der Waals surface area contributed by atoms with Gasteiger partial charge < -0.3 is 19.7 Å². The molecule has 1 saturated heterocycles. The molecular weight excluding hydrogens is 356 g/mol. The van der Waals surface area contributed by atoms with E-state index in [9.17, 15) is 4.79 Å². The summed E-state index contributed by atoms with van der Waals surface area (Å²) in [5.41, 5.74) is 3.05. The number of urea groups is 1. The first-order chi connectivity index (χ1) is 13.7. The van der Waals surface area contributed by atoms with Gasteiger partial charge in [0.25, 0.3) is 0 Å². The highest BCUT2D eigenvalue weighted by Crippen LogP contribution is 2.24. The second kappa shape index (κ2) is 8.65. The minimum Gasteiger partial charge on any atom is -0.494 e. The molecule has 7 nitrogen and oxygen atoms in total. The smallest absolute Gasteiger partial charge is 0.317 e. The first-order valence-electron chi connectivity index (χ1n) is 10.2. The van der Waals surface area contributed by atoms with Gasteiger partial charge in [0.2, 0.25) is 0 Å². The number of nitrogens with zero attached hydrogens (tertiary/aromatic N) is 3. The first-order valence-corrected chi connectivity index (χ1v) is 10.2. The Kier molecular flexibility index (Phi) is 5.81. The van der Waals surface area contributed by atoms with Gasteiger partial charge in [-0.2, -0.15) is 5.10 Å². The Labute approximate surface area is 165 Å². The fourth-order valence-corrected chi connectivity index (χ4v) is 3.78. The van der Waals surface area contributed by atoms with Crippen molar-refractivity contribution in [2.45, 2.75) is 45.4 Å². The van der Waals surface area contributed by atoms with E-state index in [0.29, 0.717) is 19.7 Å². The first kappa shape index (κ1) is 18.8. The predicted octanol–water partition coefficient (Wildman–Crippen LogP) is 3.04. The maximum absolute atomic E-state index is 12.6. The number of hydrogen-bond donors (Lipinski definition) is 1. The van der Waals surface area contributed by atoms with Crippen molar-refractivity contribution >= 4 is 6.03 Å². The Morgan fingerprint density at radius 3 is 2.89 bits per heavy atom. The molecule has 2 aliphatic rings. The molecule has 0 unspecified atom stereocenters. The summed E-state index contributed by atoms with van der Waals surface area (Å²) in [6.07, 6.45) is 3.16. The van der Waals surface area contributed by atoms with Crippen LogP contribution in [0.5, 0.6) is 5.75 Å². The van der Waals surface area contributed by atoms with Crippen LogP contribution in [0.25, 0.3) is 11.3 Å². The van der Waals surface area contributed by atoms with E-state index in [1.807, 2.05) is 40.8 Å². The van der Waals surface area contributed by atoms with Crippen LogP contribution < -0.4 is 10.1 Å². The van der Waals surface area contributed by atoms with Crippen molar-refractivity contribution in [1.82, 2.24) is 20.0 Å². The van der Waals surface area contributed by atoms with Crippen molar-refractivity contribution in [3.8, 4) is 17.0 Å². The van der Waals surface area contributed by atoms with Crippen LogP contribution in [0.2, 0.25) is 0 Å². The van der Waals surface area contributed by atoms with Gasteiger partial charge >= 0.3 is 6.03 Å². The average molecular weight is 384 g/mol. The van der Waals surface area contributed by atoms with Gasteiger partial charge in [-0.05, 0) is 56.5 Å². The summed E-state index contributed by atoms with van der Waals surface area (Å²) in [5, 5.41) is 7.78. The van der Waals surface area contributed by atoms with Crippen LogP contribution in [-0.4, -0.2) is 53.1 Å². The van der Waals surface area contributed by atoms with E-state index in [1.165, 1.54) is 0 Å². The Hall–Kier alpha value is -2.54. The molecule has 2 amide bonds. The molecule has 1 aromatic heterocycles. The van der Waals surface area contributed by atoms with Crippen molar-refractivity contribution in [2.24, 2.45) is 0 Å². The lowest BCUT2D eigenvalue weighted by Gasteiger charge is -2.21. The van der Waals surface area contributed by atoms with Crippen LogP contribution in [0.4, 0.5) is 4.79 Å². The topological polar surface area (TPSA) is 68.6 Å². The SMILES string of the molecule is CCOc1ccc(-c2cc3n(n2)CCCN(C(=O)NC[C@@H]2CCCO2)C3)cc1. The highest BCUT2D eigenvalue weighted by molar-refractivity contribution is 5.74. The van der Waals surface area contributed by atoms with Crippen molar-refractivity contribution < 1.29 is 14.3 Å². The Morgan fingerprint density at radius 1 is 1.29 bits per heavy atom. The highest BCUT2D eigenvalue weighted by Gasteiger charge is 2.22. The zero-order valence-corrected chi connectivity index (χ0v) is 16.4. The lowest BCUT2D eigenvalue weighted by Crippen LogP contribution is -2.42. The van der Waals surface area contributed by atoms with Crippen LogP contribution in [-0.2, 0) is 17.8 Å². The number of fused-ring (bicyclic) bond motifs is 1. The van der Waals surface area contributed by atoms with Gasteiger partial charge in [-0.3, -0.25) is 4.68 Å². The zero-order valence-electron chi connectivity index (χ0n) is 16.4. The number of nitrogens with one attached hydrogen (secondary N) is 1. The maximum atomic E-state index is 12.6. The third-order valence-electron chi connectivity index (χ3n) is 5.27. The van der Waals surface area contributed by atoms with Crippen molar-refractivity contribution in [3.63, 3.8) is 0 Å². The number of benzene rings is 1. The molecule has 4 rings (SSSR count). The number of ether oxygens (including phenoxy) is 2. The van der Waals surface area contributed by atoms with Crippen molar-refractivity contribution in [3.05, 3.63) is 36.0 Å². The molecule has 1 fully saturated rings. The number of amides is 2. The average Bonchev–Trinajstić information content (AvgIpc) is 3.33. The summed E-state index contributed by atoms with van der Waals surface area (Å²) < 4.78 is 13.1. The maximum Gasteiger partial charge on any atom is 0.317 e. The number of aryl methyl sites for hydroxylation is 1. The molecule has 2 aliphatic heterocycles. The zero-order chi connectivity index (χ0) is 19.3. The van der Waals surface area contributed by atoms with E-state index in [2.05, 4.69) is 11.4 Å². The fraction of sp³-hybridized carbons (Fsp3) is 0.524. The van der Waals surface area contributed by atoms with E-state index in [0.717, 1.165) is 61.7 Å². The fourth-order valence-electron chi connectivity index (χ4n) is 3.78. The molecule has 0 spiro atoms. The lowest BCUT2D eigenvalue weighted by atomic mass is 10.1. The van der Waals surface area contributed by atoms with Crippen LogP contribution >= 0.6 is 0 Å². The standard InChI is InChI=1S/C21H28N4O3/c1-2-27-18-8-6-16(7-9-18)20-13-17-15-24(10-4-11-25(17)23-20)21(26)22-14-19-5-3-12-28-19/h6-9,13,19H,2-5,10-12,14-15H2,1H3,(H,22,26)/t19-/m0/s1. The Balaban J connectivity index is 1.42. The van der Waals surface area contributed by atoms with E-state index in [-0.39, 0.29) is 12.1 Å². The molecule has 1 atom stereocenters. The van der Waals surface area contributed by atoms with Gasteiger partial charge in [0.1, 0.15) is 5.75 Å². The normalized spacial score (nSPS) is 19.2. The molecule has 1 aromatic carbocycles. The quantitative estimate of drug-likeness (QED) is 0.860. The van der Waals surface area contributed by atoms with Gasteiger partial charge in [-0.25, -0.2) is 4.79 Å². The minimum absolute atomic E-state index is 0.0206. The monoisotopic (exact) mass is 384 g/mol. The van der Waals surface area contributed by atoms with E-state index in [4.69, 9.17) is 14.6 Å². The highest BCUT2D eigenvalue weighted by atomic mass is 16.5. The molecule has 28 heavy (non-hydrogen) atoms. The molecule has 0 saturated carbocycles. The van der Waals surface area contributed by atoms with Gasteiger partial charge in [0, 0.05) is 31.8 Å². The van der Waals surface area contributed by atoms with Crippen molar-refractivity contribution in [2.75, 3.05) is 26.3 Å². The van der Waals surface area contributed by atoms with Gasteiger partial charge in [0.05, 0.1) is 30.6 Å². The molecule has 0 aliphatic carbocycles. The summed E-state index contributed by atoms with van der Waals surface area (Å²) in [6.45, 7) is 6.15. The Bertz CT molecular complexity index is 796. The van der Waals surface area contributed by atoms with Crippen LogP contribution in [0.15, 0.2) is 30.3 Å². The molecule has 2 aromatic rings. The molecule has 0 bridgehead atoms. The molecule has 1 N–H and O–H groups in total. The van der Waals surface area contributed by atoms with E-state index < -0.39 is 0 Å². The molecule has 7 heteroatoms. The second-order valence-electron chi connectivity index (χ2n) is 7.30. The summed E-state index contributed by atoms with van der Waals surface area (Å²) in [7, 11) is 0. The van der Waals surface area contributed by atoms with Crippen LogP contribution in [0.1, 0.15) is 31.9 Å². The van der Waals surface area contributed by atoms with E-state index >= 15 is 0 Å². The third-order valence-corrected chi connectivity index (χ3v) is 5.27. The summed E-state index contributed by atoms with van der Waals surface area (Å²) in [4.78, 5) is 14.5. The van der Waals surface area contributed by atoms with Gasteiger partial charge in [-0.15, -0.1) is 0 Å². The number of aromatic nitrogens is 2. The van der Waals surface area contributed by atoms with Crippen LogP contribution in [0, 0.1) is 0 Å². The van der Waals surface area contributed by atoms with Gasteiger partial charge in [-0.1, -0.05) is 0 Å². The van der Waals surface area contributed by atoms with Gasteiger partial charge in [0.15, 0.2) is 0 Å². The molecule has 3 heterocycles. The number of carbonyl (C=O) groups is 1. The largest absolute Gasteiger partial charge is 0.494 e. The Morgan fingerprint density at radius 2 is 2.14 bits per heavy atom. The predicted molar refractivity (Wildman–Crippen MR) is 106 cm³/mol. The lowest BCUT2D eigenvalue weighted by molar-refractivity contribution is 0.108.